The summed E-state index contributed by atoms with van der Waals surface area (Å²) in [4.78, 5) is 42.7. The predicted molar refractivity (Wildman–Crippen MR) is 147 cm³/mol. The van der Waals surface area contributed by atoms with Crippen molar-refractivity contribution in [1.82, 2.24) is 20.0 Å². The van der Waals surface area contributed by atoms with E-state index in [1.807, 2.05) is 55.6 Å². The van der Waals surface area contributed by atoms with E-state index >= 15 is 0 Å². The van der Waals surface area contributed by atoms with E-state index in [1.165, 1.54) is 0 Å². The molecule has 0 saturated heterocycles. The molecule has 0 aliphatic carbocycles. The molecule has 0 unspecified atom stereocenters. The maximum atomic E-state index is 12.8. The molecule has 0 aromatic heterocycles. The molecule has 0 aliphatic rings. The lowest BCUT2D eigenvalue weighted by Gasteiger charge is -2.23. The number of likely N-dealkylation sites (N-methyl/N-ethyl adjacent to an activating group) is 3. The van der Waals surface area contributed by atoms with Crippen molar-refractivity contribution in [3.05, 3.63) is 59.7 Å². The first-order chi connectivity index (χ1) is 17.4. The van der Waals surface area contributed by atoms with Crippen LogP contribution < -0.4 is 5.32 Å². The number of alkyl carbamates (subject to hydrolysis) is 1. The number of hydrogen-bond donors (Lipinski definition) is 1. The minimum Gasteiger partial charge on any atom is -0.444 e. The van der Waals surface area contributed by atoms with Crippen molar-refractivity contribution in [2.45, 2.75) is 46.8 Å². The lowest BCUT2D eigenvalue weighted by Crippen LogP contribution is -2.40. The van der Waals surface area contributed by atoms with E-state index in [9.17, 15) is 14.4 Å². The summed E-state index contributed by atoms with van der Waals surface area (Å²) >= 11 is 0. The van der Waals surface area contributed by atoms with Gasteiger partial charge in [0.05, 0.1) is 0 Å². The Balaban J connectivity index is 1.97. The van der Waals surface area contributed by atoms with Gasteiger partial charge < -0.3 is 24.8 Å². The predicted octanol–water partition coefficient (Wildman–Crippen LogP) is 4.25. The van der Waals surface area contributed by atoms with Crippen LogP contribution in [0.25, 0.3) is 11.1 Å². The molecular formula is C29H42N4O4. The first kappa shape index (κ1) is 29.8. The standard InChI is InChI=1S/C29H42N4O4/c1-8-33(9-2)18-17-31(6)27(35)24-15-13-23(14-16-24)25-12-10-11-22(19-25)21-32(7)26(34)20-30-28(36)37-29(3,4)5/h10-16,19H,8-9,17-18,20-21H2,1-7H3,(H,30,36). The van der Waals surface area contributed by atoms with Crippen molar-refractivity contribution < 1.29 is 19.1 Å². The molecule has 0 heterocycles. The Morgan fingerprint density at radius 3 is 2.11 bits per heavy atom. The Kier molecular flexibility index (Phi) is 11.1. The van der Waals surface area contributed by atoms with Crippen LogP contribution in [0.5, 0.6) is 0 Å². The first-order valence-electron chi connectivity index (χ1n) is 12.8. The molecule has 0 bridgehead atoms. The van der Waals surface area contributed by atoms with Crippen LogP contribution >= 0.6 is 0 Å². The van der Waals surface area contributed by atoms with Gasteiger partial charge in [-0.2, -0.15) is 0 Å². The molecule has 2 aromatic rings. The van der Waals surface area contributed by atoms with Crippen LogP contribution in [-0.4, -0.2) is 85.0 Å². The van der Waals surface area contributed by atoms with Crippen molar-refractivity contribution in [3.63, 3.8) is 0 Å². The number of carbonyl (C=O) groups is 3. The minimum atomic E-state index is -0.619. The van der Waals surface area contributed by atoms with E-state index in [0.717, 1.165) is 36.3 Å². The second-order valence-electron chi connectivity index (χ2n) is 10.1. The quantitative estimate of drug-likeness (QED) is 0.489. The normalized spacial score (nSPS) is 11.2. The van der Waals surface area contributed by atoms with Gasteiger partial charge in [-0.15, -0.1) is 0 Å². The molecule has 0 atom stereocenters. The second-order valence-corrected chi connectivity index (χ2v) is 10.1. The second kappa shape index (κ2) is 13.8. The summed E-state index contributed by atoms with van der Waals surface area (Å²) in [5.74, 6) is -0.211. The maximum Gasteiger partial charge on any atom is 0.408 e. The number of amides is 3. The summed E-state index contributed by atoms with van der Waals surface area (Å²) in [5, 5.41) is 2.50. The van der Waals surface area contributed by atoms with Gasteiger partial charge in [-0.1, -0.05) is 44.2 Å². The molecule has 202 valence electrons. The number of nitrogens with zero attached hydrogens (tertiary/aromatic N) is 3. The molecule has 8 nitrogen and oxygen atoms in total. The fraction of sp³-hybridized carbons (Fsp3) is 0.483. The Morgan fingerprint density at radius 1 is 0.865 bits per heavy atom. The average molecular weight is 511 g/mol. The van der Waals surface area contributed by atoms with Crippen LogP contribution in [0.2, 0.25) is 0 Å². The summed E-state index contributed by atoms with van der Waals surface area (Å²) in [5.41, 5.74) is 2.99. The third kappa shape index (κ3) is 9.88. The molecule has 0 fully saturated rings. The van der Waals surface area contributed by atoms with Crippen LogP contribution in [0.3, 0.4) is 0 Å². The molecular weight excluding hydrogens is 468 g/mol. The number of ether oxygens (including phenoxy) is 1. The zero-order chi connectivity index (χ0) is 27.6. The third-order valence-corrected chi connectivity index (χ3v) is 6.01. The number of hydrogen-bond acceptors (Lipinski definition) is 5. The van der Waals surface area contributed by atoms with E-state index in [4.69, 9.17) is 4.74 Å². The van der Waals surface area contributed by atoms with Crippen LogP contribution in [0, 0.1) is 0 Å². The van der Waals surface area contributed by atoms with E-state index in [0.29, 0.717) is 18.7 Å². The van der Waals surface area contributed by atoms with Gasteiger partial charge in [-0.05, 0) is 68.8 Å². The first-order valence-corrected chi connectivity index (χ1v) is 12.8. The lowest BCUT2D eigenvalue weighted by atomic mass is 10.0. The van der Waals surface area contributed by atoms with Crippen molar-refractivity contribution in [3.8, 4) is 11.1 Å². The Labute approximate surface area is 221 Å². The topological polar surface area (TPSA) is 82.2 Å². The highest BCUT2D eigenvalue weighted by Gasteiger charge is 2.18. The van der Waals surface area contributed by atoms with E-state index < -0.39 is 11.7 Å². The van der Waals surface area contributed by atoms with Gasteiger partial charge in [-0.3, -0.25) is 9.59 Å². The number of benzene rings is 2. The number of carbonyl (C=O) groups excluding carboxylic acids is 3. The number of nitrogens with one attached hydrogen (secondary N) is 1. The van der Waals surface area contributed by atoms with Crippen LogP contribution in [0.15, 0.2) is 48.5 Å². The van der Waals surface area contributed by atoms with Crippen LogP contribution in [-0.2, 0) is 16.1 Å². The zero-order valence-electron chi connectivity index (χ0n) is 23.3. The van der Waals surface area contributed by atoms with Crippen LogP contribution in [0.1, 0.15) is 50.5 Å². The van der Waals surface area contributed by atoms with Crippen molar-refractivity contribution in [2.75, 3.05) is 46.8 Å². The van der Waals surface area contributed by atoms with Crippen molar-refractivity contribution in [1.29, 1.82) is 0 Å². The van der Waals surface area contributed by atoms with Crippen molar-refractivity contribution in [2.24, 2.45) is 0 Å². The van der Waals surface area contributed by atoms with Gasteiger partial charge in [0.2, 0.25) is 5.91 Å². The summed E-state index contributed by atoms with van der Waals surface area (Å²) in [6, 6.07) is 15.5. The van der Waals surface area contributed by atoms with E-state index in [2.05, 4.69) is 24.1 Å². The SMILES string of the molecule is CCN(CC)CCN(C)C(=O)c1ccc(-c2cccc(CN(C)C(=O)CNC(=O)OC(C)(C)C)c2)cc1. The molecule has 0 radical (unpaired) electrons. The molecule has 0 saturated carbocycles. The summed E-state index contributed by atoms with van der Waals surface area (Å²) in [6.45, 7) is 13.3. The molecule has 37 heavy (non-hydrogen) atoms. The van der Waals surface area contributed by atoms with E-state index in [1.54, 1.807) is 37.6 Å². The van der Waals surface area contributed by atoms with Gasteiger partial charge in [0.1, 0.15) is 12.1 Å². The smallest absolute Gasteiger partial charge is 0.408 e. The highest BCUT2D eigenvalue weighted by Crippen LogP contribution is 2.22. The third-order valence-electron chi connectivity index (χ3n) is 6.01. The van der Waals surface area contributed by atoms with Gasteiger partial charge in [0.15, 0.2) is 0 Å². The number of rotatable bonds is 11. The molecule has 0 spiro atoms. The monoisotopic (exact) mass is 510 g/mol. The van der Waals surface area contributed by atoms with Gasteiger partial charge in [-0.25, -0.2) is 4.79 Å². The fourth-order valence-corrected chi connectivity index (χ4v) is 3.77. The molecule has 0 aliphatic heterocycles. The van der Waals surface area contributed by atoms with Crippen molar-refractivity contribution >= 4 is 17.9 Å². The Bertz CT molecular complexity index is 1040. The molecule has 1 N–H and O–H groups in total. The molecule has 2 rings (SSSR count). The summed E-state index contributed by atoms with van der Waals surface area (Å²) in [7, 11) is 3.53. The Hall–Kier alpha value is -3.39. The zero-order valence-corrected chi connectivity index (χ0v) is 23.3. The Morgan fingerprint density at radius 2 is 1.51 bits per heavy atom. The largest absolute Gasteiger partial charge is 0.444 e. The van der Waals surface area contributed by atoms with Gasteiger partial charge in [0, 0.05) is 39.3 Å². The van der Waals surface area contributed by atoms with Crippen LogP contribution in [0.4, 0.5) is 4.79 Å². The highest BCUT2D eigenvalue weighted by molar-refractivity contribution is 5.94. The maximum absolute atomic E-state index is 12.8. The minimum absolute atomic E-state index is 0.00702. The molecule has 3 amide bonds. The molecule has 8 heteroatoms. The molecule has 2 aromatic carbocycles. The fourth-order valence-electron chi connectivity index (χ4n) is 3.77. The van der Waals surface area contributed by atoms with Gasteiger partial charge >= 0.3 is 6.09 Å². The highest BCUT2D eigenvalue weighted by atomic mass is 16.6. The summed E-state index contributed by atoms with van der Waals surface area (Å²) < 4.78 is 5.17. The van der Waals surface area contributed by atoms with E-state index in [-0.39, 0.29) is 18.4 Å². The lowest BCUT2D eigenvalue weighted by molar-refractivity contribution is -0.129. The average Bonchev–Trinajstić information content (AvgIpc) is 2.86. The van der Waals surface area contributed by atoms with Gasteiger partial charge in [0.25, 0.3) is 5.91 Å². The summed E-state index contributed by atoms with van der Waals surface area (Å²) in [6.07, 6.45) is -0.617.